The number of hydrogen-bond acceptors (Lipinski definition) is 3. The van der Waals surface area contributed by atoms with E-state index >= 15 is 0 Å². The van der Waals surface area contributed by atoms with E-state index in [1.165, 1.54) is 0 Å². The molecule has 0 spiro atoms. The summed E-state index contributed by atoms with van der Waals surface area (Å²) in [5.41, 5.74) is 3.40. The number of carbonyl (C=O) groups is 1. The molecule has 3 rings (SSSR count). The van der Waals surface area contributed by atoms with E-state index in [-0.39, 0.29) is 12.5 Å². The first-order valence-corrected chi connectivity index (χ1v) is 8.97. The lowest BCUT2D eigenvalue weighted by molar-refractivity contribution is -0.123. The standard InChI is InChI=1S/C19H14ClIN2O2/c20-16-9-10-18(15-7-3-2-6-14(15)16)25-12-19(24)23-22-11-13-5-1-4-8-17(13)21/h1-11H,12H2,(H,23,24)/b22-11-. The Morgan fingerprint density at radius 3 is 2.60 bits per heavy atom. The minimum Gasteiger partial charge on any atom is -0.483 e. The number of halogens is 2. The lowest BCUT2D eigenvalue weighted by atomic mass is 10.1. The molecule has 0 aliphatic carbocycles. The highest BCUT2D eigenvalue weighted by atomic mass is 127. The van der Waals surface area contributed by atoms with Crippen LogP contribution in [0.25, 0.3) is 10.8 Å². The zero-order valence-electron chi connectivity index (χ0n) is 13.1. The van der Waals surface area contributed by atoms with Gasteiger partial charge >= 0.3 is 0 Å². The summed E-state index contributed by atoms with van der Waals surface area (Å²) in [6, 6.07) is 18.9. The molecule has 0 saturated carbocycles. The van der Waals surface area contributed by atoms with Crippen LogP contribution in [0.3, 0.4) is 0 Å². The van der Waals surface area contributed by atoms with Gasteiger partial charge in [-0.3, -0.25) is 4.79 Å². The van der Waals surface area contributed by atoms with Gasteiger partial charge in [0.15, 0.2) is 6.61 Å². The number of hydrazone groups is 1. The number of carbonyl (C=O) groups excluding carboxylic acids is 1. The second-order valence-corrected chi connectivity index (χ2v) is 6.76. The first-order chi connectivity index (χ1) is 12.1. The van der Waals surface area contributed by atoms with Crippen molar-refractivity contribution >= 4 is 57.1 Å². The van der Waals surface area contributed by atoms with Crippen LogP contribution in [-0.4, -0.2) is 18.7 Å². The monoisotopic (exact) mass is 464 g/mol. The Labute approximate surface area is 164 Å². The van der Waals surface area contributed by atoms with Crippen molar-refractivity contribution in [2.75, 3.05) is 6.61 Å². The summed E-state index contributed by atoms with van der Waals surface area (Å²) in [5.74, 6) is 0.276. The smallest absolute Gasteiger partial charge is 0.277 e. The Morgan fingerprint density at radius 2 is 1.80 bits per heavy atom. The summed E-state index contributed by atoms with van der Waals surface area (Å²) in [7, 11) is 0. The lowest BCUT2D eigenvalue weighted by Crippen LogP contribution is -2.24. The van der Waals surface area contributed by atoms with Crippen LogP contribution in [0.2, 0.25) is 5.02 Å². The van der Waals surface area contributed by atoms with Crippen LogP contribution in [-0.2, 0) is 4.79 Å². The van der Waals surface area contributed by atoms with Gasteiger partial charge in [0.25, 0.3) is 5.91 Å². The number of fused-ring (bicyclic) bond motifs is 1. The summed E-state index contributed by atoms with van der Waals surface area (Å²) in [5, 5.41) is 6.36. The van der Waals surface area contributed by atoms with E-state index in [9.17, 15) is 4.79 Å². The molecular weight excluding hydrogens is 451 g/mol. The van der Waals surface area contributed by atoms with Crippen LogP contribution >= 0.6 is 34.2 Å². The van der Waals surface area contributed by atoms with E-state index in [4.69, 9.17) is 16.3 Å². The van der Waals surface area contributed by atoms with Gasteiger partial charge in [-0.25, -0.2) is 5.43 Å². The van der Waals surface area contributed by atoms with Crippen LogP contribution in [0.4, 0.5) is 0 Å². The zero-order valence-corrected chi connectivity index (χ0v) is 16.0. The van der Waals surface area contributed by atoms with Crippen LogP contribution in [0.1, 0.15) is 5.56 Å². The van der Waals surface area contributed by atoms with Crippen molar-refractivity contribution in [3.63, 3.8) is 0 Å². The summed E-state index contributed by atoms with van der Waals surface area (Å²) in [6.07, 6.45) is 1.61. The van der Waals surface area contributed by atoms with Gasteiger partial charge in [-0.2, -0.15) is 5.10 Å². The minimum absolute atomic E-state index is 0.130. The van der Waals surface area contributed by atoms with Gasteiger partial charge in [-0.15, -0.1) is 0 Å². The predicted molar refractivity (Wildman–Crippen MR) is 109 cm³/mol. The second-order valence-electron chi connectivity index (χ2n) is 5.19. The highest BCUT2D eigenvalue weighted by molar-refractivity contribution is 14.1. The first-order valence-electron chi connectivity index (χ1n) is 7.51. The topological polar surface area (TPSA) is 50.7 Å². The number of rotatable bonds is 5. The number of nitrogens with zero attached hydrogens (tertiary/aromatic N) is 1. The molecule has 0 bridgehead atoms. The van der Waals surface area contributed by atoms with Crippen LogP contribution in [0.15, 0.2) is 65.8 Å². The first kappa shape index (κ1) is 17.7. The van der Waals surface area contributed by atoms with Crippen molar-refractivity contribution in [3.05, 3.63) is 74.8 Å². The molecule has 126 valence electrons. The van der Waals surface area contributed by atoms with Crippen LogP contribution in [0, 0.1) is 3.57 Å². The maximum Gasteiger partial charge on any atom is 0.277 e. The summed E-state index contributed by atoms with van der Waals surface area (Å²) in [4.78, 5) is 11.9. The fourth-order valence-electron chi connectivity index (χ4n) is 2.29. The molecule has 3 aromatic rings. The van der Waals surface area contributed by atoms with Gasteiger partial charge in [0, 0.05) is 24.9 Å². The van der Waals surface area contributed by atoms with Crippen molar-refractivity contribution in [2.45, 2.75) is 0 Å². The summed E-state index contributed by atoms with van der Waals surface area (Å²) >= 11 is 8.39. The SMILES string of the molecule is O=C(COc1ccc(Cl)c2ccccc12)N/N=C\c1ccccc1I. The van der Waals surface area contributed by atoms with Crippen LogP contribution < -0.4 is 10.2 Å². The average Bonchev–Trinajstić information content (AvgIpc) is 2.63. The molecule has 0 radical (unpaired) electrons. The Bertz CT molecular complexity index is 944. The number of nitrogens with one attached hydrogen (secondary N) is 1. The van der Waals surface area contributed by atoms with Gasteiger partial charge in [0.05, 0.1) is 6.21 Å². The maximum atomic E-state index is 11.9. The van der Waals surface area contributed by atoms with Gasteiger partial charge in [-0.05, 0) is 40.8 Å². The third kappa shape index (κ3) is 4.49. The molecule has 1 N–H and O–H groups in total. The van der Waals surface area contributed by atoms with E-state index in [1.54, 1.807) is 18.3 Å². The Morgan fingerprint density at radius 1 is 1.08 bits per heavy atom. The third-order valence-corrected chi connectivity index (χ3v) is 4.80. The van der Waals surface area contributed by atoms with Crippen LogP contribution in [0.5, 0.6) is 5.75 Å². The van der Waals surface area contributed by atoms with Gasteiger partial charge in [0.2, 0.25) is 0 Å². The molecular formula is C19H14ClIN2O2. The molecule has 0 atom stereocenters. The Balaban J connectivity index is 1.62. The molecule has 0 aliphatic rings. The quantitative estimate of drug-likeness (QED) is 0.340. The highest BCUT2D eigenvalue weighted by Crippen LogP contribution is 2.31. The van der Waals surface area contributed by atoms with Crippen molar-refractivity contribution in [2.24, 2.45) is 5.10 Å². The Kier molecular flexibility index (Phi) is 5.88. The summed E-state index contributed by atoms with van der Waals surface area (Å²) in [6.45, 7) is -0.130. The minimum atomic E-state index is -0.332. The van der Waals surface area contributed by atoms with E-state index in [1.807, 2.05) is 48.5 Å². The normalized spacial score (nSPS) is 11.0. The molecule has 25 heavy (non-hydrogen) atoms. The molecule has 6 heteroatoms. The number of ether oxygens (including phenoxy) is 1. The second kappa shape index (κ2) is 8.31. The molecule has 0 aromatic heterocycles. The van der Waals surface area contributed by atoms with Crippen molar-refractivity contribution in [3.8, 4) is 5.75 Å². The Hall–Kier alpha value is -2.12. The van der Waals surface area contributed by atoms with Gasteiger partial charge in [0.1, 0.15) is 5.75 Å². The lowest BCUT2D eigenvalue weighted by Gasteiger charge is -2.09. The zero-order chi connectivity index (χ0) is 17.6. The molecule has 0 aliphatic heterocycles. The van der Waals surface area contributed by atoms with Crippen molar-refractivity contribution in [1.82, 2.24) is 5.43 Å². The molecule has 0 unspecified atom stereocenters. The molecule has 1 amide bonds. The average molecular weight is 465 g/mol. The van der Waals surface area contributed by atoms with E-state index in [0.29, 0.717) is 10.8 Å². The van der Waals surface area contributed by atoms with E-state index in [2.05, 4.69) is 33.1 Å². The largest absolute Gasteiger partial charge is 0.483 e. The molecule has 0 saturated heterocycles. The van der Waals surface area contributed by atoms with Crippen molar-refractivity contribution < 1.29 is 9.53 Å². The van der Waals surface area contributed by atoms with Gasteiger partial charge < -0.3 is 4.74 Å². The van der Waals surface area contributed by atoms with E-state index in [0.717, 1.165) is 19.9 Å². The number of hydrogen-bond donors (Lipinski definition) is 1. The molecule has 4 nitrogen and oxygen atoms in total. The number of benzene rings is 3. The molecule has 3 aromatic carbocycles. The van der Waals surface area contributed by atoms with E-state index < -0.39 is 0 Å². The summed E-state index contributed by atoms with van der Waals surface area (Å²) < 4.78 is 6.67. The number of amides is 1. The fraction of sp³-hybridized carbons (Fsp3) is 0.0526. The maximum absolute atomic E-state index is 11.9. The molecule has 0 heterocycles. The predicted octanol–water partition coefficient (Wildman–Crippen LogP) is 4.63. The van der Waals surface area contributed by atoms with Gasteiger partial charge in [-0.1, -0.05) is 54.1 Å². The van der Waals surface area contributed by atoms with Crippen molar-refractivity contribution in [1.29, 1.82) is 0 Å². The fourth-order valence-corrected chi connectivity index (χ4v) is 3.04. The highest BCUT2D eigenvalue weighted by Gasteiger charge is 2.07. The molecule has 0 fully saturated rings. The third-order valence-electron chi connectivity index (χ3n) is 3.49.